The van der Waals surface area contributed by atoms with Crippen molar-refractivity contribution in [2.45, 2.75) is 6.92 Å². The molecule has 0 saturated heterocycles. The molecule has 4 nitrogen and oxygen atoms in total. The monoisotopic (exact) mass is 337 g/mol. The minimum Gasteiger partial charge on any atom is -0.331 e. The molecule has 22 heavy (non-hydrogen) atoms. The predicted molar refractivity (Wildman–Crippen MR) is 89.4 cm³/mol. The van der Waals surface area contributed by atoms with Gasteiger partial charge in [0.25, 0.3) is 5.91 Å². The Morgan fingerprint density at radius 2 is 1.82 bits per heavy atom. The van der Waals surface area contributed by atoms with Crippen LogP contribution in [0, 0.1) is 12.7 Å². The topological polar surface area (TPSA) is 53.2 Å². The Kier molecular flexibility index (Phi) is 5.30. The maximum Gasteiger partial charge on any atom is 0.269 e. The largest absolute Gasteiger partial charge is 0.331 e. The van der Waals surface area contributed by atoms with Gasteiger partial charge in [-0.05, 0) is 61.1 Å². The molecule has 114 valence electrons. The highest BCUT2D eigenvalue weighted by atomic mass is 35.5. The quantitative estimate of drug-likeness (QED) is 0.580. The predicted octanol–water partition coefficient (Wildman–Crippen LogP) is 3.42. The van der Waals surface area contributed by atoms with Crippen molar-refractivity contribution in [3.63, 3.8) is 0 Å². The van der Waals surface area contributed by atoms with Gasteiger partial charge in [0.05, 0.1) is 0 Å². The van der Waals surface area contributed by atoms with Crippen molar-refractivity contribution in [1.82, 2.24) is 10.9 Å². The number of anilines is 1. The Hall–Kier alpha value is -2.18. The van der Waals surface area contributed by atoms with E-state index in [1.165, 1.54) is 6.07 Å². The van der Waals surface area contributed by atoms with Crippen molar-refractivity contribution in [1.29, 1.82) is 0 Å². The van der Waals surface area contributed by atoms with Crippen molar-refractivity contribution >= 4 is 40.5 Å². The number of hydrogen-bond acceptors (Lipinski definition) is 2. The molecule has 0 aromatic heterocycles. The first-order valence-electron chi connectivity index (χ1n) is 6.35. The van der Waals surface area contributed by atoms with Gasteiger partial charge in [-0.3, -0.25) is 15.6 Å². The minimum absolute atomic E-state index is 0.144. The zero-order valence-electron chi connectivity index (χ0n) is 11.6. The second kappa shape index (κ2) is 7.20. The van der Waals surface area contributed by atoms with E-state index in [1.807, 2.05) is 0 Å². The molecule has 2 aromatic rings. The van der Waals surface area contributed by atoms with Crippen LogP contribution in [-0.4, -0.2) is 11.0 Å². The summed E-state index contributed by atoms with van der Waals surface area (Å²) in [6.07, 6.45) is 0. The van der Waals surface area contributed by atoms with E-state index in [-0.39, 0.29) is 16.8 Å². The molecule has 2 aromatic carbocycles. The number of amides is 1. The molecule has 7 heteroatoms. The standard InChI is InChI=1S/C15H13ClFN3OS/c1-9-2-7-12(8-13(9)17)18-15(22)20-19-14(21)10-3-5-11(16)6-4-10/h2-8H,1H3,(H,19,21)(H2,18,20,22). The summed E-state index contributed by atoms with van der Waals surface area (Å²) in [4.78, 5) is 11.8. The average Bonchev–Trinajstić information content (AvgIpc) is 2.49. The van der Waals surface area contributed by atoms with Gasteiger partial charge in [0.2, 0.25) is 0 Å². The van der Waals surface area contributed by atoms with Crippen LogP contribution in [0.2, 0.25) is 5.02 Å². The summed E-state index contributed by atoms with van der Waals surface area (Å²) in [5.74, 6) is -0.700. The van der Waals surface area contributed by atoms with Crippen LogP contribution < -0.4 is 16.2 Å². The Bertz CT molecular complexity index is 706. The van der Waals surface area contributed by atoms with Gasteiger partial charge in [0.15, 0.2) is 5.11 Å². The first-order chi connectivity index (χ1) is 10.5. The van der Waals surface area contributed by atoms with E-state index in [9.17, 15) is 9.18 Å². The van der Waals surface area contributed by atoms with Gasteiger partial charge >= 0.3 is 0 Å². The van der Waals surface area contributed by atoms with Crippen molar-refractivity contribution in [2.75, 3.05) is 5.32 Å². The van der Waals surface area contributed by atoms with Crippen LogP contribution in [-0.2, 0) is 0 Å². The summed E-state index contributed by atoms with van der Waals surface area (Å²) >= 11 is 10.8. The van der Waals surface area contributed by atoms with Crippen LogP contribution in [0.4, 0.5) is 10.1 Å². The summed E-state index contributed by atoms with van der Waals surface area (Å²) in [7, 11) is 0. The molecule has 0 aliphatic rings. The lowest BCUT2D eigenvalue weighted by molar-refractivity contribution is 0.0944. The molecular weight excluding hydrogens is 325 g/mol. The fourth-order valence-electron chi connectivity index (χ4n) is 1.62. The number of hydrogen-bond donors (Lipinski definition) is 3. The second-order valence-corrected chi connectivity index (χ2v) is 5.35. The highest BCUT2D eigenvalue weighted by molar-refractivity contribution is 7.80. The lowest BCUT2D eigenvalue weighted by Gasteiger charge is -2.12. The van der Waals surface area contributed by atoms with Gasteiger partial charge in [0.1, 0.15) is 5.82 Å². The normalized spacial score (nSPS) is 9.95. The van der Waals surface area contributed by atoms with Gasteiger partial charge < -0.3 is 5.32 Å². The third kappa shape index (κ3) is 4.41. The maximum absolute atomic E-state index is 13.4. The fourth-order valence-corrected chi connectivity index (χ4v) is 1.91. The minimum atomic E-state index is -0.365. The zero-order valence-corrected chi connectivity index (χ0v) is 13.2. The highest BCUT2D eigenvalue weighted by Gasteiger charge is 2.06. The first kappa shape index (κ1) is 16.2. The van der Waals surface area contributed by atoms with Gasteiger partial charge in [0, 0.05) is 16.3 Å². The van der Waals surface area contributed by atoms with Gasteiger partial charge in [-0.2, -0.15) is 0 Å². The van der Waals surface area contributed by atoms with E-state index in [0.717, 1.165) is 0 Å². The molecule has 1 amide bonds. The van der Waals surface area contributed by atoms with Crippen molar-refractivity contribution < 1.29 is 9.18 Å². The van der Waals surface area contributed by atoms with Crippen LogP contribution in [0.15, 0.2) is 42.5 Å². The van der Waals surface area contributed by atoms with Crippen LogP contribution >= 0.6 is 23.8 Å². The number of halogens is 2. The first-order valence-corrected chi connectivity index (χ1v) is 7.13. The SMILES string of the molecule is Cc1ccc(NC(=S)NNC(=O)c2ccc(Cl)cc2)cc1F. The van der Waals surface area contributed by atoms with E-state index in [1.54, 1.807) is 43.3 Å². The number of thiocarbonyl (C=S) groups is 1. The molecule has 0 fully saturated rings. The molecule has 0 heterocycles. The number of rotatable bonds is 2. The molecule has 0 radical (unpaired) electrons. The molecule has 0 aliphatic heterocycles. The van der Waals surface area contributed by atoms with Crippen LogP contribution in [0.3, 0.4) is 0 Å². The van der Waals surface area contributed by atoms with Crippen molar-refractivity contribution in [3.8, 4) is 0 Å². The third-order valence-electron chi connectivity index (χ3n) is 2.83. The summed E-state index contributed by atoms with van der Waals surface area (Å²) in [5.41, 5.74) is 6.44. The average molecular weight is 338 g/mol. The lowest BCUT2D eigenvalue weighted by atomic mass is 10.2. The van der Waals surface area contributed by atoms with E-state index < -0.39 is 0 Å². The maximum atomic E-state index is 13.4. The number of aryl methyl sites for hydroxylation is 1. The van der Waals surface area contributed by atoms with Gasteiger partial charge in [-0.1, -0.05) is 17.7 Å². The smallest absolute Gasteiger partial charge is 0.269 e. The highest BCUT2D eigenvalue weighted by Crippen LogP contribution is 2.13. The summed E-state index contributed by atoms with van der Waals surface area (Å²) in [6, 6.07) is 11.0. The van der Waals surface area contributed by atoms with Crippen LogP contribution in [0.5, 0.6) is 0 Å². The number of carbonyl (C=O) groups is 1. The van der Waals surface area contributed by atoms with Crippen LogP contribution in [0.25, 0.3) is 0 Å². The number of carbonyl (C=O) groups excluding carboxylic acids is 1. The van der Waals surface area contributed by atoms with Crippen molar-refractivity contribution in [2.24, 2.45) is 0 Å². The second-order valence-electron chi connectivity index (χ2n) is 4.50. The van der Waals surface area contributed by atoms with Gasteiger partial charge in [-0.25, -0.2) is 4.39 Å². The van der Waals surface area contributed by atoms with Crippen molar-refractivity contribution in [3.05, 3.63) is 64.4 Å². The molecule has 0 atom stereocenters. The summed E-state index contributed by atoms with van der Waals surface area (Å²) < 4.78 is 13.4. The number of benzene rings is 2. The van der Waals surface area contributed by atoms with E-state index in [0.29, 0.717) is 21.8 Å². The van der Waals surface area contributed by atoms with E-state index >= 15 is 0 Å². The zero-order chi connectivity index (χ0) is 16.1. The molecule has 0 bridgehead atoms. The fraction of sp³-hybridized carbons (Fsp3) is 0.0667. The molecule has 0 unspecified atom stereocenters. The molecule has 0 spiro atoms. The molecule has 3 N–H and O–H groups in total. The number of hydrazine groups is 1. The van der Waals surface area contributed by atoms with Gasteiger partial charge in [-0.15, -0.1) is 0 Å². The third-order valence-corrected chi connectivity index (χ3v) is 3.28. The summed E-state index contributed by atoms with van der Waals surface area (Å²) in [6.45, 7) is 1.67. The van der Waals surface area contributed by atoms with E-state index in [4.69, 9.17) is 23.8 Å². The number of nitrogens with one attached hydrogen (secondary N) is 3. The summed E-state index contributed by atoms with van der Waals surface area (Å²) in [5, 5.41) is 3.46. The van der Waals surface area contributed by atoms with E-state index in [2.05, 4.69) is 16.2 Å². The Morgan fingerprint density at radius 1 is 1.14 bits per heavy atom. The Morgan fingerprint density at radius 3 is 2.45 bits per heavy atom. The molecule has 0 aliphatic carbocycles. The molecular formula is C15H13ClFN3OS. The molecule has 0 saturated carbocycles. The molecule has 2 rings (SSSR count). The Balaban J connectivity index is 1.88. The van der Waals surface area contributed by atoms with Crippen LogP contribution in [0.1, 0.15) is 15.9 Å². The Labute approximate surface area is 137 Å². The lowest BCUT2D eigenvalue weighted by Crippen LogP contribution is -2.43.